The summed E-state index contributed by atoms with van der Waals surface area (Å²) in [6, 6.07) is 0.410. The Bertz CT molecular complexity index is 820. The molecule has 0 aliphatic heterocycles. The minimum atomic E-state index is -0.462. The molecule has 1 aromatic rings. The van der Waals surface area contributed by atoms with Crippen LogP contribution in [0.15, 0.2) is 0 Å². The van der Waals surface area contributed by atoms with Gasteiger partial charge >= 0.3 is 5.97 Å². The Morgan fingerprint density at radius 1 is 1.10 bits per heavy atom. The molecule has 1 aromatic heterocycles. The Kier molecular flexibility index (Phi) is 5.59. The number of methoxy groups -OCH3 is 1. The van der Waals surface area contributed by atoms with Crippen molar-refractivity contribution in [3.8, 4) is 0 Å². The monoisotopic (exact) mass is 435 g/mol. The van der Waals surface area contributed by atoms with E-state index in [1.54, 1.807) is 21.0 Å². The highest BCUT2D eigenvalue weighted by atomic mass is 32.1. The molecular formula is C21H29N3O3S2. The Labute approximate surface area is 181 Å². The molecule has 158 valence electrons. The van der Waals surface area contributed by atoms with E-state index in [0.29, 0.717) is 44.0 Å². The van der Waals surface area contributed by atoms with Crippen molar-refractivity contribution in [2.45, 2.75) is 45.1 Å². The van der Waals surface area contributed by atoms with E-state index in [9.17, 15) is 9.59 Å². The molecule has 1 heterocycles. The van der Waals surface area contributed by atoms with E-state index in [4.69, 9.17) is 17.0 Å². The number of amides is 1. The predicted octanol–water partition coefficient (Wildman–Crippen LogP) is 3.66. The molecule has 0 atom stereocenters. The molecule has 4 saturated carbocycles. The summed E-state index contributed by atoms with van der Waals surface area (Å²) in [5.41, 5.74) is 1.01. The standard InChI is InChI=1S/C21H29N3O3S2/c1-10-15(20(26)27-4)18(29-17(10)19(25)24(2)3)23-21(28)22-16-13-6-11-5-12(8-13)9-14(16)7-11/h11-14,16H,5-9H2,1-4H3,(H2,22,23,28). The van der Waals surface area contributed by atoms with Gasteiger partial charge in [-0.05, 0) is 80.5 Å². The summed E-state index contributed by atoms with van der Waals surface area (Å²) in [5.74, 6) is 2.61. The molecule has 4 aliphatic rings. The molecule has 29 heavy (non-hydrogen) atoms. The molecule has 0 saturated heterocycles. The summed E-state index contributed by atoms with van der Waals surface area (Å²) in [5, 5.41) is 7.86. The van der Waals surface area contributed by atoms with Crippen LogP contribution in [0.4, 0.5) is 5.00 Å². The summed E-state index contributed by atoms with van der Waals surface area (Å²) in [6.45, 7) is 1.78. The second-order valence-electron chi connectivity index (χ2n) is 9.01. The quantitative estimate of drug-likeness (QED) is 0.556. The fraction of sp³-hybridized carbons (Fsp3) is 0.667. The van der Waals surface area contributed by atoms with E-state index in [2.05, 4.69) is 10.6 Å². The Morgan fingerprint density at radius 3 is 2.21 bits per heavy atom. The lowest BCUT2D eigenvalue weighted by atomic mass is 9.54. The number of carbonyl (C=O) groups excluding carboxylic acids is 2. The summed E-state index contributed by atoms with van der Waals surface area (Å²) in [7, 11) is 4.75. The molecule has 4 aliphatic carbocycles. The van der Waals surface area contributed by atoms with Gasteiger partial charge in [-0.25, -0.2) is 4.79 Å². The molecule has 5 rings (SSSR count). The minimum absolute atomic E-state index is 0.134. The predicted molar refractivity (Wildman–Crippen MR) is 119 cm³/mol. The SMILES string of the molecule is COC(=O)c1c(NC(=S)NC2C3CC4CC(C3)CC2C4)sc(C(=O)N(C)C)c1C. The molecule has 0 spiro atoms. The Hall–Kier alpha value is -1.67. The summed E-state index contributed by atoms with van der Waals surface area (Å²) < 4.78 is 4.96. The molecule has 0 unspecified atom stereocenters. The number of rotatable bonds is 4. The zero-order valence-corrected chi connectivity index (χ0v) is 19.0. The fourth-order valence-corrected chi connectivity index (χ4v) is 7.33. The number of nitrogens with one attached hydrogen (secondary N) is 2. The van der Waals surface area contributed by atoms with Gasteiger partial charge in [-0.15, -0.1) is 11.3 Å². The maximum Gasteiger partial charge on any atom is 0.341 e. The summed E-state index contributed by atoms with van der Waals surface area (Å²) in [6.07, 6.45) is 6.64. The van der Waals surface area contributed by atoms with Crippen molar-refractivity contribution >= 4 is 45.5 Å². The van der Waals surface area contributed by atoms with Gasteiger partial charge in [0.2, 0.25) is 0 Å². The zero-order chi connectivity index (χ0) is 20.9. The zero-order valence-electron chi connectivity index (χ0n) is 17.4. The summed E-state index contributed by atoms with van der Waals surface area (Å²) >= 11 is 6.88. The molecule has 8 heteroatoms. The third-order valence-electron chi connectivity index (χ3n) is 6.89. The number of anilines is 1. The van der Waals surface area contributed by atoms with Gasteiger partial charge in [-0.1, -0.05) is 0 Å². The normalized spacial score (nSPS) is 29.4. The van der Waals surface area contributed by atoms with Crippen LogP contribution < -0.4 is 10.6 Å². The van der Waals surface area contributed by atoms with Gasteiger partial charge in [0.05, 0.1) is 17.6 Å². The average Bonchev–Trinajstić information content (AvgIpc) is 2.98. The van der Waals surface area contributed by atoms with Crippen LogP contribution in [0.5, 0.6) is 0 Å². The van der Waals surface area contributed by atoms with Gasteiger partial charge in [0.15, 0.2) is 5.11 Å². The maximum atomic E-state index is 12.5. The topological polar surface area (TPSA) is 70.7 Å². The average molecular weight is 436 g/mol. The van der Waals surface area contributed by atoms with Gasteiger partial charge in [0.25, 0.3) is 5.91 Å². The van der Waals surface area contributed by atoms with Crippen LogP contribution in [-0.4, -0.2) is 49.1 Å². The maximum absolute atomic E-state index is 12.5. The number of hydrogen-bond donors (Lipinski definition) is 2. The highest BCUT2D eigenvalue weighted by molar-refractivity contribution is 7.80. The Morgan fingerprint density at radius 2 is 1.69 bits per heavy atom. The Balaban J connectivity index is 1.52. The van der Waals surface area contributed by atoms with E-state index in [0.717, 1.165) is 11.8 Å². The van der Waals surface area contributed by atoms with Crippen LogP contribution in [0, 0.1) is 30.6 Å². The molecule has 4 fully saturated rings. The lowest BCUT2D eigenvalue weighted by Crippen LogP contribution is -2.56. The van der Waals surface area contributed by atoms with Crippen molar-refractivity contribution < 1.29 is 14.3 Å². The van der Waals surface area contributed by atoms with E-state index in [-0.39, 0.29) is 5.91 Å². The smallest absolute Gasteiger partial charge is 0.341 e. The highest BCUT2D eigenvalue weighted by Gasteiger charge is 2.48. The van der Waals surface area contributed by atoms with Gasteiger partial charge < -0.3 is 20.3 Å². The van der Waals surface area contributed by atoms with Gasteiger partial charge in [-0.3, -0.25) is 4.79 Å². The molecule has 2 N–H and O–H groups in total. The van der Waals surface area contributed by atoms with Gasteiger partial charge in [0.1, 0.15) is 5.00 Å². The van der Waals surface area contributed by atoms with E-state index >= 15 is 0 Å². The lowest BCUT2D eigenvalue weighted by Gasteiger charge is -2.54. The van der Waals surface area contributed by atoms with Crippen LogP contribution in [0.25, 0.3) is 0 Å². The van der Waals surface area contributed by atoms with E-state index < -0.39 is 5.97 Å². The highest BCUT2D eigenvalue weighted by Crippen LogP contribution is 2.53. The van der Waals surface area contributed by atoms with Crippen LogP contribution >= 0.6 is 23.6 Å². The number of esters is 1. The van der Waals surface area contributed by atoms with Crippen molar-refractivity contribution in [2.75, 3.05) is 26.5 Å². The number of thiocarbonyl (C=S) groups is 1. The van der Waals surface area contributed by atoms with Crippen molar-refractivity contribution in [3.63, 3.8) is 0 Å². The number of carbonyl (C=O) groups is 2. The molecule has 0 radical (unpaired) electrons. The molecule has 6 nitrogen and oxygen atoms in total. The summed E-state index contributed by atoms with van der Waals surface area (Å²) in [4.78, 5) is 26.9. The number of thiophene rings is 1. The first kappa shape index (κ1) is 20.6. The van der Waals surface area contributed by atoms with Crippen molar-refractivity contribution in [1.29, 1.82) is 0 Å². The van der Waals surface area contributed by atoms with Crippen molar-refractivity contribution in [1.82, 2.24) is 10.2 Å². The minimum Gasteiger partial charge on any atom is -0.465 e. The van der Waals surface area contributed by atoms with Crippen molar-refractivity contribution in [3.05, 3.63) is 16.0 Å². The molecular weight excluding hydrogens is 406 g/mol. The third-order valence-corrected chi connectivity index (χ3v) is 8.30. The first-order chi connectivity index (χ1) is 13.8. The molecule has 1 amide bonds. The first-order valence-electron chi connectivity index (χ1n) is 10.3. The molecule has 4 bridgehead atoms. The first-order valence-corrected chi connectivity index (χ1v) is 11.5. The van der Waals surface area contributed by atoms with Crippen LogP contribution in [0.2, 0.25) is 0 Å². The third kappa shape index (κ3) is 3.77. The van der Waals surface area contributed by atoms with Crippen molar-refractivity contribution in [2.24, 2.45) is 23.7 Å². The van der Waals surface area contributed by atoms with E-state index in [1.165, 1.54) is 55.5 Å². The lowest BCUT2D eigenvalue weighted by molar-refractivity contribution is -0.00665. The van der Waals surface area contributed by atoms with E-state index in [1.807, 2.05) is 0 Å². The number of ether oxygens (including phenoxy) is 1. The molecule has 0 aromatic carbocycles. The van der Waals surface area contributed by atoms with Crippen LogP contribution in [0.3, 0.4) is 0 Å². The van der Waals surface area contributed by atoms with Gasteiger partial charge in [0, 0.05) is 20.1 Å². The fourth-order valence-electron chi connectivity index (χ4n) is 5.81. The van der Waals surface area contributed by atoms with Gasteiger partial charge in [-0.2, -0.15) is 0 Å². The van der Waals surface area contributed by atoms with Crippen LogP contribution in [-0.2, 0) is 4.74 Å². The number of nitrogens with zero attached hydrogens (tertiary/aromatic N) is 1. The van der Waals surface area contributed by atoms with Crippen LogP contribution in [0.1, 0.15) is 57.7 Å². The second-order valence-corrected chi connectivity index (χ2v) is 10.4. The second kappa shape index (κ2) is 7.87. The largest absolute Gasteiger partial charge is 0.465 e. The number of hydrogen-bond acceptors (Lipinski definition) is 5.